The maximum Gasteiger partial charge on any atom is 0.326 e. The predicted molar refractivity (Wildman–Crippen MR) is 98.2 cm³/mol. The number of carbonyl (C=O) groups is 4. The first-order valence-corrected chi connectivity index (χ1v) is 9.48. The van der Waals surface area contributed by atoms with Crippen molar-refractivity contribution in [2.45, 2.75) is 6.42 Å². The molecule has 4 rings (SSSR count). The second kappa shape index (κ2) is 6.92. The van der Waals surface area contributed by atoms with Crippen LogP contribution < -0.4 is 5.32 Å². The summed E-state index contributed by atoms with van der Waals surface area (Å²) in [7, 11) is 0. The number of likely N-dealkylation sites (tertiary alicyclic amines) is 1. The van der Waals surface area contributed by atoms with Crippen LogP contribution in [0.25, 0.3) is 0 Å². The van der Waals surface area contributed by atoms with E-state index in [1.807, 2.05) is 12.2 Å². The first-order valence-electron chi connectivity index (χ1n) is 8.69. The molecule has 2 fully saturated rings. The summed E-state index contributed by atoms with van der Waals surface area (Å²) in [6.45, 7) is -0.942. The number of hydrogen-bond acceptors (Lipinski definition) is 5. The van der Waals surface area contributed by atoms with E-state index in [4.69, 9.17) is 4.74 Å². The molecule has 2 aliphatic carbocycles. The zero-order chi connectivity index (χ0) is 19.1. The van der Waals surface area contributed by atoms with Crippen molar-refractivity contribution >= 4 is 45.3 Å². The Morgan fingerprint density at radius 3 is 2.37 bits per heavy atom. The molecule has 1 aliphatic heterocycles. The Labute approximate surface area is 163 Å². The number of amides is 3. The highest BCUT2D eigenvalue weighted by Crippen LogP contribution is 2.52. The molecular weight excluding hydrogens is 416 g/mol. The second-order valence-electron chi connectivity index (χ2n) is 6.95. The number of nitrogens with one attached hydrogen (secondary N) is 1. The van der Waals surface area contributed by atoms with E-state index < -0.39 is 25.0 Å². The molecule has 0 radical (unpaired) electrons. The first-order chi connectivity index (χ1) is 13.0. The summed E-state index contributed by atoms with van der Waals surface area (Å²) in [5.41, 5.74) is 0.555. The fraction of sp³-hybridized carbons (Fsp3) is 0.368. The van der Waals surface area contributed by atoms with Crippen LogP contribution in [0.1, 0.15) is 6.42 Å². The van der Waals surface area contributed by atoms with Crippen LogP contribution in [0, 0.1) is 23.7 Å². The van der Waals surface area contributed by atoms with Gasteiger partial charge in [0.05, 0.1) is 17.5 Å². The fourth-order valence-corrected chi connectivity index (χ4v) is 4.57. The van der Waals surface area contributed by atoms with Gasteiger partial charge in [-0.15, -0.1) is 0 Å². The zero-order valence-corrected chi connectivity index (χ0v) is 15.8. The number of benzene rings is 1. The lowest BCUT2D eigenvalue weighted by molar-refractivity contribution is -0.154. The van der Waals surface area contributed by atoms with Crippen LogP contribution >= 0.6 is 15.9 Å². The van der Waals surface area contributed by atoms with Gasteiger partial charge in [-0.3, -0.25) is 24.1 Å². The molecular formula is C19H17BrN2O5. The molecule has 3 aliphatic rings. The number of allylic oxidation sites excluding steroid dienone is 2. The molecule has 4 atom stereocenters. The van der Waals surface area contributed by atoms with Gasteiger partial charge in [0, 0.05) is 4.47 Å². The number of fused-ring (bicyclic) bond motifs is 5. The lowest BCUT2D eigenvalue weighted by Gasteiger charge is -2.16. The number of ether oxygens (including phenoxy) is 1. The van der Waals surface area contributed by atoms with Crippen molar-refractivity contribution in [3.05, 3.63) is 40.9 Å². The van der Waals surface area contributed by atoms with Crippen molar-refractivity contribution in [3.8, 4) is 0 Å². The normalized spacial score (nSPS) is 27.8. The highest BCUT2D eigenvalue weighted by atomic mass is 79.9. The quantitative estimate of drug-likeness (QED) is 0.434. The average molecular weight is 433 g/mol. The Balaban J connectivity index is 1.30. The van der Waals surface area contributed by atoms with Gasteiger partial charge < -0.3 is 10.1 Å². The van der Waals surface area contributed by atoms with Crippen molar-refractivity contribution in [1.29, 1.82) is 0 Å². The maximum atomic E-state index is 12.5. The minimum atomic E-state index is -0.778. The van der Waals surface area contributed by atoms with Gasteiger partial charge in [-0.2, -0.15) is 0 Å². The number of hydrogen-bond donors (Lipinski definition) is 1. The molecule has 4 unspecified atom stereocenters. The minimum Gasteiger partial charge on any atom is -0.454 e. The molecule has 1 heterocycles. The van der Waals surface area contributed by atoms with Crippen molar-refractivity contribution in [1.82, 2.24) is 4.90 Å². The van der Waals surface area contributed by atoms with Crippen LogP contribution in [-0.4, -0.2) is 41.7 Å². The van der Waals surface area contributed by atoms with E-state index in [2.05, 4.69) is 21.2 Å². The number of anilines is 1. The maximum absolute atomic E-state index is 12.5. The molecule has 1 saturated carbocycles. The molecule has 140 valence electrons. The van der Waals surface area contributed by atoms with E-state index in [1.54, 1.807) is 24.3 Å². The first kappa shape index (κ1) is 17.9. The summed E-state index contributed by atoms with van der Waals surface area (Å²) in [6.07, 6.45) is 4.82. The third-order valence-electron chi connectivity index (χ3n) is 5.36. The number of rotatable bonds is 5. The summed E-state index contributed by atoms with van der Waals surface area (Å²) >= 11 is 3.31. The van der Waals surface area contributed by atoms with Crippen LogP contribution in [0.5, 0.6) is 0 Å². The minimum absolute atomic E-state index is 0.0903. The number of esters is 1. The van der Waals surface area contributed by atoms with Gasteiger partial charge >= 0.3 is 5.97 Å². The van der Waals surface area contributed by atoms with Crippen LogP contribution in [0.4, 0.5) is 5.69 Å². The number of imide groups is 1. The Hall–Kier alpha value is -2.48. The van der Waals surface area contributed by atoms with Crippen LogP contribution in [0.3, 0.4) is 0 Å². The molecule has 1 aromatic rings. The number of halogens is 1. The molecule has 2 bridgehead atoms. The third-order valence-corrected chi connectivity index (χ3v) is 6.05. The van der Waals surface area contributed by atoms with E-state index in [0.29, 0.717) is 10.2 Å². The Kier molecular flexibility index (Phi) is 4.59. The lowest BCUT2D eigenvalue weighted by atomic mass is 9.85. The summed E-state index contributed by atoms with van der Waals surface area (Å²) in [5.74, 6) is -2.42. The molecule has 1 aromatic carbocycles. The highest BCUT2D eigenvalue weighted by molar-refractivity contribution is 9.10. The molecule has 7 nitrogen and oxygen atoms in total. The van der Waals surface area contributed by atoms with Gasteiger partial charge in [0.1, 0.15) is 6.54 Å². The van der Waals surface area contributed by atoms with Gasteiger partial charge in [0.15, 0.2) is 6.61 Å². The Morgan fingerprint density at radius 1 is 1.11 bits per heavy atom. The third kappa shape index (κ3) is 3.18. The largest absolute Gasteiger partial charge is 0.454 e. The lowest BCUT2D eigenvalue weighted by Crippen LogP contribution is -2.38. The van der Waals surface area contributed by atoms with E-state index >= 15 is 0 Å². The van der Waals surface area contributed by atoms with Gasteiger partial charge in [0.25, 0.3) is 5.91 Å². The molecule has 0 spiro atoms. The van der Waals surface area contributed by atoms with Crippen LogP contribution in [-0.2, 0) is 23.9 Å². The second-order valence-corrected chi connectivity index (χ2v) is 7.81. The monoisotopic (exact) mass is 432 g/mol. The van der Waals surface area contributed by atoms with Gasteiger partial charge in [0.2, 0.25) is 11.8 Å². The van der Waals surface area contributed by atoms with Crippen molar-refractivity contribution in [2.24, 2.45) is 23.7 Å². The van der Waals surface area contributed by atoms with Gasteiger partial charge in [-0.05, 0) is 46.3 Å². The molecule has 3 amide bonds. The SMILES string of the molecule is O=C(COC(=O)CN1C(=O)C2C3C=CC(C3)C2C1=O)Nc1ccccc1Br. The summed E-state index contributed by atoms with van der Waals surface area (Å²) in [5, 5.41) is 2.61. The van der Waals surface area contributed by atoms with Crippen molar-refractivity contribution in [3.63, 3.8) is 0 Å². The molecule has 1 N–H and O–H groups in total. The van der Waals surface area contributed by atoms with E-state index in [1.165, 1.54) is 0 Å². The van der Waals surface area contributed by atoms with Crippen LogP contribution in [0.2, 0.25) is 0 Å². The number of para-hydroxylation sites is 1. The fourth-order valence-electron chi connectivity index (χ4n) is 4.19. The highest BCUT2D eigenvalue weighted by Gasteiger charge is 2.59. The summed E-state index contributed by atoms with van der Waals surface area (Å²) in [6, 6.07) is 7.04. The van der Waals surface area contributed by atoms with E-state index in [0.717, 1.165) is 11.3 Å². The molecule has 8 heteroatoms. The topological polar surface area (TPSA) is 92.8 Å². The number of nitrogens with zero attached hydrogens (tertiary/aromatic N) is 1. The Morgan fingerprint density at radius 2 is 1.74 bits per heavy atom. The predicted octanol–water partition coefficient (Wildman–Crippen LogP) is 1.74. The summed E-state index contributed by atoms with van der Waals surface area (Å²) < 4.78 is 5.64. The summed E-state index contributed by atoms with van der Waals surface area (Å²) in [4.78, 5) is 50.0. The van der Waals surface area contributed by atoms with Crippen molar-refractivity contribution in [2.75, 3.05) is 18.5 Å². The van der Waals surface area contributed by atoms with E-state index in [-0.39, 0.29) is 35.5 Å². The standard InChI is InChI=1S/C19H17BrN2O5/c20-12-3-1-2-4-13(12)21-14(23)9-27-15(24)8-22-18(25)16-10-5-6-11(7-10)17(16)19(22)26/h1-6,10-11,16-17H,7-9H2,(H,21,23). The van der Waals surface area contributed by atoms with Gasteiger partial charge in [-0.25, -0.2) is 0 Å². The van der Waals surface area contributed by atoms with Crippen molar-refractivity contribution < 1.29 is 23.9 Å². The van der Waals surface area contributed by atoms with E-state index in [9.17, 15) is 19.2 Å². The zero-order valence-electron chi connectivity index (χ0n) is 14.3. The molecule has 0 aromatic heterocycles. The average Bonchev–Trinajstić information content (AvgIpc) is 3.32. The molecule has 1 saturated heterocycles. The molecule has 27 heavy (non-hydrogen) atoms. The Bertz CT molecular complexity index is 837. The van der Waals surface area contributed by atoms with Crippen LogP contribution in [0.15, 0.2) is 40.9 Å². The van der Waals surface area contributed by atoms with Gasteiger partial charge in [-0.1, -0.05) is 24.3 Å². The smallest absolute Gasteiger partial charge is 0.326 e. The number of carbonyl (C=O) groups excluding carboxylic acids is 4.